The summed E-state index contributed by atoms with van der Waals surface area (Å²) in [7, 11) is 1.48. The van der Waals surface area contributed by atoms with E-state index in [9.17, 15) is 13.9 Å². The van der Waals surface area contributed by atoms with E-state index in [1.54, 1.807) is 0 Å². The molecule has 0 radical (unpaired) electrons. The predicted octanol–water partition coefficient (Wildman–Crippen LogP) is 2.73. The Morgan fingerprint density at radius 1 is 1.29 bits per heavy atom. The van der Waals surface area contributed by atoms with Gasteiger partial charge in [0.25, 0.3) is 0 Å². The third kappa shape index (κ3) is 2.33. The molecular weight excluding hydrogens is 226 g/mol. The molecule has 0 spiro atoms. The van der Waals surface area contributed by atoms with Gasteiger partial charge in [-0.3, -0.25) is 0 Å². The molecule has 1 aliphatic rings. The minimum atomic E-state index is -1.11. The van der Waals surface area contributed by atoms with Crippen LogP contribution in [0.2, 0.25) is 0 Å². The van der Waals surface area contributed by atoms with Gasteiger partial charge in [0, 0.05) is 12.7 Å². The molecule has 1 fully saturated rings. The lowest BCUT2D eigenvalue weighted by molar-refractivity contribution is -0.0277. The highest BCUT2D eigenvalue weighted by Gasteiger charge is 2.38. The number of aryl methyl sites for hydroxylation is 1. The fourth-order valence-corrected chi connectivity index (χ4v) is 2.07. The molecule has 17 heavy (non-hydrogen) atoms. The quantitative estimate of drug-likeness (QED) is 0.879. The number of halogens is 2. The Bertz CT molecular complexity index is 416. The van der Waals surface area contributed by atoms with E-state index in [2.05, 4.69) is 0 Å². The number of hydrogen-bond acceptors (Lipinski definition) is 2. The molecule has 0 bridgehead atoms. The SMILES string of the molecule is COC(C1CC1)C(O)c1ccc(C)c(F)c1F. The summed E-state index contributed by atoms with van der Waals surface area (Å²) in [6, 6.07) is 2.89. The van der Waals surface area contributed by atoms with Gasteiger partial charge in [-0.15, -0.1) is 0 Å². The highest BCUT2D eigenvalue weighted by molar-refractivity contribution is 5.28. The molecule has 2 unspecified atom stereocenters. The Labute approximate surface area is 99.2 Å². The molecule has 0 aliphatic heterocycles. The van der Waals surface area contributed by atoms with Gasteiger partial charge in [0.1, 0.15) is 6.10 Å². The summed E-state index contributed by atoms with van der Waals surface area (Å²) in [4.78, 5) is 0. The number of hydrogen-bond donors (Lipinski definition) is 1. The first-order chi connectivity index (χ1) is 8.06. The van der Waals surface area contributed by atoms with Gasteiger partial charge in [0.05, 0.1) is 6.10 Å². The second-order valence-corrected chi connectivity index (χ2v) is 4.58. The van der Waals surface area contributed by atoms with Crippen LogP contribution in [0.3, 0.4) is 0 Å². The van der Waals surface area contributed by atoms with Crippen molar-refractivity contribution in [1.29, 1.82) is 0 Å². The molecule has 1 saturated carbocycles. The molecule has 1 aromatic rings. The smallest absolute Gasteiger partial charge is 0.164 e. The van der Waals surface area contributed by atoms with Gasteiger partial charge in [0.15, 0.2) is 11.6 Å². The number of ether oxygens (including phenoxy) is 1. The van der Waals surface area contributed by atoms with Crippen molar-refractivity contribution < 1.29 is 18.6 Å². The third-order valence-electron chi connectivity index (χ3n) is 3.29. The summed E-state index contributed by atoms with van der Waals surface area (Å²) >= 11 is 0. The molecule has 1 aromatic carbocycles. The van der Waals surface area contributed by atoms with Crippen LogP contribution in [0, 0.1) is 24.5 Å². The number of aliphatic hydroxyl groups excluding tert-OH is 1. The Kier molecular flexibility index (Phi) is 3.45. The molecule has 94 valence electrons. The summed E-state index contributed by atoms with van der Waals surface area (Å²) in [6.07, 6.45) is 0.367. The Hall–Kier alpha value is -1.00. The molecule has 4 heteroatoms. The largest absolute Gasteiger partial charge is 0.386 e. The van der Waals surface area contributed by atoms with Crippen molar-refractivity contribution in [1.82, 2.24) is 0 Å². The van der Waals surface area contributed by atoms with E-state index >= 15 is 0 Å². The zero-order valence-corrected chi connectivity index (χ0v) is 9.91. The summed E-state index contributed by atoms with van der Waals surface area (Å²) in [5, 5.41) is 10.1. The zero-order valence-electron chi connectivity index (χ0n) is 9.91. The van der Waals surface area contributed by atoms with Crippen LogP contribution in [0.15, 0.2) is 12.1 Å². The first-order valence-corrected chi connectivity index (χ1v) is 5.71. The lowest BCUT2D eigenvalue weighted by atomic mass is 9.99. The maximum atomic E-state index is 13.7. The molecule has 0 aromatic heterocycles. The van der Waals surface area contributed by atoms with Crippen molar-refractivity contribution in [3.63, 3.8) is 0 Å². The van der Waals surface area contributed by atoms with Gasteiger partial charge < -0.3 is 9.84 Å². The molecule has 0 heterocycles. The number of methoxy groups -OCH3 is 1. The Balaban J connectivity index is 2.29. The van der Waals surface area contributed by atoms with Gasteiger partial charge in [0.2, 0.25) is 0 Å². The van der Waals surface area contributed by atoms with Crippen LogP contribution in [0.1, 0.15) is 30.1 Å². The van der Waals surface area contributed by atoms with Crippen molar-refractivity contribution in [3.8, 4) is 0 Å². The van der Waals surface area contributed by atoms with Crippen molar-refractivity contribution in [2.75, 3.05) is 7.11 Å². The molecule has 2 rings (SSSR count). The van der Waals surface area contributed by atoms with Crippen LogP contribution < -0.4 is 0 Å². The molecule has 0 saturated heterocycles. The lowest BCUT2D eigenvalue weighted by Crippen LogP contribution is -2.24. The summed E-state index contributed by atoms with van der Waals surface area (Å²) in [5.74, 6) is -1.62. The van der Waals surface area contributed by atoms with Crippen LogP contribution >= 0.6 is 0 Å². The van der Waals surface area contributed by atoms with Gasteiger partial charge in [-0.05, 0) is 31.2 Å². The fraction of sp³-hybridized carbons (Fsp3) is 0.538. The van der Waals surface area contributed by atoms with Crippen molar-refractivity contribution in [2.24, 2.45) is 5.92 Å². The summed E-state index contributed by atoms with van der Waals surface area (Å²) in [5.41, 5.74) is 0.214. The minimum Gasteiger partial charge on any atom is -0.386 e. The maximum Gasteiger partial charge on any atom is 0.164 e. The van der Waals surface area contributed by atoms with E-state index in [1.807, 2.05) is 0 Å². The Morgan fingerprint density at radius 3 is 2.47 bits per heavy atom. The van der Waals surface area contributed by atoms with Crippen LogP contribution in [0.25, 0.3) is 0 Å². The normalized spacial score (nSPS) is 19.1. The topological polar surface area (TPSA) is 29.5 Å². The van der Waals surface area contributed by atoms with Gasteiger partial charge in [-0.2, -0.15) is 0 Å². The van der Waals surface area contributed by atoms with E-state index in [0.29, 0.717) is 0 Å². The fourth-order valence-electron chi connectivity index (χ4n) is 2.07. The number of aliphatic hydroxyl groups is 1. The summed E-state index contributed by atoms with van der Waals surface area (Å²) in [6.45, 7) is 1.49. The molecule has 0 amide bonds. The molecule has 1 N–H and O–H groups in total. The second kappa shape index (κ2) is 4.70. The average molecular weight is 242 g/mol. The van der Waals surface area contributed by atoms with Crippen molar-refractivity contribution >= 4 is 0 Å². The maximum absolute atomic E-state index is 13.7. The Morgan fingerprint density at radius 2 is 1.94 bits per heavy atom. The van der Waals surface area contributed by atoms with E-state index < -0.39 is 23.8 Å². The highest BCUT2D eigenvalue weighted by atomic mass is 19.2. The number of benzene rings is 1. The van der Waals surface area contributed by atoms with E-state index in [4.69, 9.17) is 4.74 Å². The average Bonchev–Trinajstić information content (AvgIpc) is 3.11. The summed E-state index contributed by atoms with van der Waals surface area (Å²) < 4.78 is 32.3. The standard InChI is InChI=1S/C13H16F2O2/c1-7-3-6-9(11(15)10(7)14)12(16)13(17-2)8-4-5-8/h3,6,8,12-13,16H,4-5H2,1-2H3. The lowest BCUT2D eigenvalue weighted by Gasteiger charge is -2.22. The first-order valence-electron chi connectivity index (χ1n) is 5.71. The number of rotatable bonds is 4. The first kappa shape index (κ1) is 12.5. The minimum absolute atomic E-state index is 0.0214. The molecule has 2 atom stereocenters. The van der Waals surface area contributed by atoms with Crippen LogP contribution in [0.5, 0.6) is 0 Å². The molecule has 1 aliphatic carbocycles. The predicted molar refractivity (Wildman–Crippen MR) is 59.6 cm³/mol. The van der Waals surface area contributed by atoms with E-state index in [0.717, 1.165) is 12.8 Å². The van der Waals surface area contributed by atoms with E-state index in [1.165, 1.54) is 26.2 Å². The van der Waals surface area contributed by atoms with Crippen LogP contribution in [-0.2, 0) is 4.74 Å². The van der Waals surface area contributed by atoms with Gasteiger partial charge >= 0.3 is 0 Å². The van der Waals surface area contributed by atoms with Crippen molar-refractivity contribution in [2.45, 2.75) is 32.0 Å². The van der Waals surface area contributed by atoms with Gasteiger partial charge in [-0.1, -0.05) is 12.1 Å². The van der Waals surface area contributed by atoms with Crippen molar-refractivity contribution in [3.05, 3.63) is 34.9 Å². The second-order valence-electron chi connectivity index (χ2n) is 4.58. The van der Waals surface area contributed by atoms with E-state index in [-0.39, 0.29) is 17.0 Å². The molecule has 2 nitrogen and oxygen atoms in total. The zero-order chi connectivity index (χ0) is 12.6. The monoisotopic (exact) mass is 242 g/mol. The van der Waals surface area contributed by atoms with Crippen LogP contribution in [0.4, 0.5) is 8.78 Å². The van der Waals surface area contributed by atoms with Gasteiger partial charge in [-0.25, -0.2) is 8.78 Å². The molecular formula is C13H16F2O2. The van der Waals surface area contributed by atoms with Crippen LogP contribution in [-0.4, -0.2) is 18.3 Å². The highest BCUT2D eigenvalue weighted by Crippen LogP contribution is 2.40. The third-order valence-corrected chi connectivity index (χ3v) is 3.29.